The van der Waals surface area contributed by atoms with Gasteiger partial charge in [-0.1, -0.05) is 0 Å². The number of methoxy groups -OCH3 is 1. The molecule has 9 heteroatoms. The van der Waals surface area contributed by atoms with Gasteiger partial charge < -0.3 is 25.0 Å². The van der Waals surface area contributed by atoms with E-state index >= 15 is 0 Å². The number of urea groups is 1. The summed E-state index contributed by atoms with van der Waals surface area (Å²) >= 11 is 0. The maximum absolute atomic E-state index is 12.2. The number of ether oxygens (including phenoxy) is 2. The van der Waals surface area contributed by atoms with Crippen LogP contribution < -0.4 is 20.7 Å². The summed E-state index contributed by atoms with van der Waals surface area (Å²) in [5, 5.41) is 8.16. The van der Waals surface area contributed by atoms with E-state index in [0.717, 1.165) is 13.0 Å². The monoisotopic (exact) mass is 406 g/mol. The van der Waals surface area contributed by atoms with Crippen LogP contribution in [0.3, 0.4) is 0 Å². The van der Waals surface area contributed by atoms with E-state index in [1.54, 1.807) is 43.9 Å². The van der Waals surface area contributed by atoms with E-state index in [1.807, 2.05) is 6.92 Å². The molecule has 0 aliphatic carbocycles. The van der Waals surface area contributed by atoms with Crippen molar-refractivity contribution in [3.8, 4) is 5.75 Å². The van der Waals surface area contributed by atoms with Crippen LogP contribution in [0.2, 0.25) is 0 Å². The zero-order valence-corrected chi connectivity index (χ0v) is 17.6. The van der Waals surface area contributed by atoms with E-state index in [4.69, 9.17) is 9.47 Å². The molecule has 160 valence electrons. The number of hydrogen-bond acceptors (Lipinski definition) is 5. The highest BCUT2D eigenvalue weighted by Gasteiger charge is 2.22. The van der Waals surface area contributed by atoms with E-state index < -0.39 is 11.7 Å². The quantitative estimate of drug-likeness (QED) is 0.672. The molecular formula is C20H30N4O5. The molecule has 0 unspecified atom stereocenters. The third-order valence-corrected chi connectivity index (χ3v) is 4.14. The van der Waals surface area contributed by atoms with Crippen LogP contribution in [-0.2, 0) is 9.53 Å². The minimum Gasteiger partial charge on any atom is -0.494 e. The van der Waals surface area contributed by atoms with E-state index in [2.05, 4.69) is 16.0 Å². The Morgan fingerprint density at radius 1 is 1.24 bits per heavy atom. The van der Waals surface area contributed by atoms with Crippen molar-refractivity contribution in [2.24, 2.45) is 0 Å². The fourth-order valence-corrected chi connectivity index (χ4v) is 2.95. The fourth-order valence-electron chi connectivity index (χ4n) is 2.95. The van der Waals surface area contributed by atoms with Crippen molar-refractivity contribution in [1.29, 1.82) is 0 Å². The predicted octanol–water partition coefficient (Wildman–Crippen LogP) is 3.17. The van der Waals surface area contributed by atoms with Crippen molar-refractivity contribution < 1.29 is 23.9 Å². The summed E-state index contributed by atoms with van der Waals surface area (Å²) in [6, 6.07) is 4.28. The van der Waals surface area contributed by atoms with E-state index in [9.17, 15) is 14.4 Å². The molecule has 1 aromatic carbocycles. The van der Waals surface area contributed by atoms with Crippen LogP contribution in [0.5, 0.6) is 5.75 Å². The molecule has 1 aromatic rings. The summed E-state index contributed by atoms with van der Waals surface area (Å²) in [5.74, 6) is 0.501. The molecule has 0 bridgehead atoms. The molecule has 3 N–H and O–H groups in total. The molecular weight excluding hydrogens is 376 g/mol. The van der Waals surface area contributed by atoms with Crippen molar-refractivity contribution >= 4 is 29.4 Å². The molecule has 29 heavy (non-hydrogen) atoms. The molecule has 1 aliphatic heterocycles. The second kappa shape index (κ2) is 9.49. The zero-order valence-electron chi connectivity index (χ0n) is 17.6. The Hall–Kier alpha value is -2.97. The molecule has 1 atom stereocenters. The number of carbonyl (C=O) groups excluding carboxylic acids is 3. The highest BCUT2D eigenvalue weighted by molar-refractivity contribution is 5.92. The van der Waals surface area contributed by atoms with Crippen LogP contribution in [0.1, 0.15) is 40.5 Å². The summed E-state index contributed by atoms with van der Waals surface area (Å²) in [7, 11) is 1.47. The van der Waals surface area contributed by atoms with Crippen LogP contribution >= 0.6 is 0 Å². The minimum absolute atomic E-state index is 0.122. The predicted molar refractivity (Wildman–Crippen MR) is 110 cm³/mol. The van der Waals surface area contributed by atoms with Gasteiger partial charge in [0.15, 0.2) is 0 Å². The van der Waals surface area contributed by atoms with Crippen molar-refractivity contribution in [2.45, 2.75) is 52.2 Å². The van der Waals surface area contributed by atoms with Gasteiger partial charge in [-0.3, -0.25) is 10.1 Å². The number of benzene rings is 1. The van der Waals surface area contributed by atoms with Gasteiger partial charge in [0.1, 0.15) is 11.4 Å². The molecule has 9 nitrogen and oxygen atoms in total. The Kier molecular flexibility index (Phi) is 7.30. The number of nitrogens with one attached hydrogen (secondary N) is 3. The Labute approximate surface area is 171 Å². The number of hydrogen-bond donors (Lipinski definition) is 3. The fraction of sp³-hybridized carbons (Fsp3) is 0.550. The summed E-state index contributed by atoms with van der Waals surface area (Å²) in [6.07, 6.45) is 0.836. The van der Waals surface area contributed by atoms with Gasteiger partial charge in [-0.05, 0) is 46.2 Å². The average molecular weight is 406 g/mol. The highest BCUT2D eigenvalue weighted by Crippen LogP contribution is 2.28. The summed E-state index contributed by atoms with van der Waals surface area (Å²) in [6.45, 7) is 8.38. The SMILES string of the molecule is COc1cc(NC(=O)N[C@@H](C)CN2CCCC2=O)ccc1NC(=O)OC(C)(C)C. The van der Waals surface area contributed by atoms with E-state index in [0.29, 0.717) is 30.1 Å². The molecule has 1 saturated heterocycles. The lowest BCUT2D eigenvalue weighted by Gasteiger charge is -2.22. The van der Waals surface area contributed by atoms with Crippen molar-refractivity contribution in [2.75, 3.05) is 30.8 Å². The largest absolute Gasteiger partial charge is 0.494 e. The van der Waals surface area contributed by atoms with E-state index in [-0.39, 0.29) is 18.0 Å². The van der Waals surface area contributed by atoms with Gasteiger partial charge >= 0.3 is 12.1 Å². The summed E-state index contributed by atoms with van der Waals surface area (Å²) in [4.78, 5) is 37.6. The van der Waals surface area contributed by atoms with Gasteiger partial charge in [-0.15, -0.1) is 0 Å². The van der Waals surface area contributed by atoms with Gasteiger partial charge in [-0.25, -0.2) is 9.59 Å². The highest BCUT2D eigenvalue weighted by atomic mass is 16.6. The number of amides is 4. The van der Waals surface area contributed by atoms with Gasteiger partial charge in [-0.2, -0.15) is 0 Å². The smallest absolute Gasteiger partial charge is 0.412 e. The Balaban J connectivity index is 1.92. The first-order valence-electron chi connectivity index (χ1n) is 9.60. The minimum atomic E-state index is -0.618. The standard InChI is InChI=1S/C20H30N4O5/c1-13(12-24-10-6-7-17(24)25)21-18(26)22-14-8-9-15(16(11-14)28-5)23-19(27)29-20(2,3)4/h8-9,11,13H,6-7,10,12H2,1-5H3,(H,23,27)(H2,21,22,26)/t13-/m0/s1. The van der Waals surface area contributed by atoms with Crippen LogP contribution in [-0.4, -0.2) is 54.8 Å². The number of likely N-dealkylation sites (tertiary alicyclic amines) is 1. The van der Waals surface area contributed by atoms with Gasteiger partial charge in [0, 0.05) is 37.3 Å². The summed E-state index contributed by atoms with van der Waals surface area (Å²) < 4.78 is 10.5. The first-order valence-corrected chi connectivity index (χ1v) is 9.60. The van der Waals surface area contributed by atoms with Crippen LogP contribution in [0.4, 0.5) is 21.0 Å². The van der Waals surface area contributed by atoms with Crippen molar-refractivity contribution in [3.05, 3.63) is 18.2 Å². The lowest BCUT2D eigenvalue weighted by molar-refractivity contribution is -0.127. The third-order valence-electron chi connectivity index (χ3n) is 4.14. The second-order valence-corrected chi connectivity index (χ2v) is 7.98. The van der Waals surface area contributed by atoms with Crippen molar-refractivity contribution in [1.82, 2.24) is 10.2 Å². The molecule has 0 saturated carbocycles. The first-order chi connectivity index (χ1) is 13.6. The molecule has 1 heterocycles. The van der Waals surface area contributed by atoms with Crippen LogP contribution in [0.25, 0.3) is 0 Å². The maximum atomic E-state index is 12.2. The van der Waals surface area contributed by atoms with Gasteiger partial charge in [0.25, 0.3) is 0 Å². The molecule has 1 fully saturated rings. The Morgan fingerprint density at radius 2 is 1.97 bits per heavy atom. The molecule has 0 spiro atoms. The Morgan fingerprint density at radius 3 is 2.55 bits per heavy atom. The van der Waals surface area contributed by atoms with E-state index in [1.165, 1.54) is 7.11 Å². The average Bonchev–Trinajstić information content (AvgIpc) is 2.99. The molecule has 0 radical (unpaired) electrons. The normalized spacial score (nSPS) is 14.9. The second-order valence-electron chi connectivity index (χ2n) is 7.98. The van der Waals surface area contributed by atoms with Crippen molar-refractivity contribution in [3.63, 3.8) is 0 Å². The van der Waals surface area contributed by atoms with Gasteiger partial charge in [0.2, 0.25) is 5.91 Å². The number of carbonyl (C=O) groups is 3. The third kappa shape index (κ3) is 7.17. The van der Waals surface area contributed by atoms with Gasteiger partial charge in [0.05, 0.1) is 12.8 Å². The lowest BCUT2D eigenvalue weighted by Crippen LogP contribution is -2.44. The molecule has 4 amide bonds. The molecule has 2 rings (SSSR count). The maximum Gasteiger partial charge on any atom is 0.412 e. The van der Waals surface area contributed by atoms with Crippen LogP contribution in [0.15, 0.2) is 18.2 Å². The summed E-state index contributed by atoms with van der Waals surface area (Å²) in [5.41, 5.74) is 0.306. The van der Waals surface area contributed by atoms with Crippen LogP contribution in [0, 0.1) is 0 Å². The number of rotatable bonds is 6. The number of anilines is 2. The Bertz CT molecular complexity index is 760. The first kappa shape index (κ1) is 22.3. The molecule has 1 aliphatic rings. The number of nitrogens with zero attached hydrogens (tertiary/aromatic N) is 1. The topological polar surface area (TPSA) is 109 Å². The zero-order chi connectivity index (χ0) is 21.6. The molecule has 0 aromatic heterocycles. The lowest BCUT2D eigenvalue weighted by atomic mass is 10.2.